The van der Waals surface area contributed by atoms with Crippen LogP contribution < -0.4 is 10.1 Å². The van der Waals surface area contributed by atoms with Crippen LogP contribution in [-0.2, 0) is 0 Å². The van der Waals surface area contributed by atoms with Crippen LogP contribution in [0, 0.1) is 10.1 Å². The van der Waals surface area contributed by atoms with Gasteiger partial charge in [0, 0.05) is 35.8 Å². The summed E-state index contributed by atoms with van der Waals surface area (Å²) in [6.45, 7) is 0. The molecular weight excluding hydrogens is 310 g/mol. The lowest BCUT2D eigenvalue weighted by atomic mass is 9.82. The molecule has 2 heterocycles. The van der Waals surface area contributed by atoms with E-state index in [-0.39, 0.29) is 23.4 Å². The number of benzene rings is 1. The summed E-state index contributed by atoms with van der Waals surface area (Å²) in [6.07, 6.45) is 5.56. The van der Waals surface area contributed by atoms with Crippen molar-refractivity contribution < 1.29 is 14.5 Å². The summed E-state index contributed by atoms with van der Waals surface area (Å²) in [7, 11) is 3.54. The fourth-order valence-electron chi connectivity index (χ4n) is 3.97. The van der Waals surface area contributed by atoms with Crippen molar-refractivity contribution in [3.05, 3.63) is 33.9 Å². The number of carbonyl (C=O) groups is 1. The van der Waals surface area contributed by atoms with E-state index in [2.05, 4.69) is 17.3 Å². The van der Waals surface area contributed by atoms with Gasteiger partial charge in [-0.05, 0) is 38.8 Å². The Kier molecular flexibility index (Phi) is 4.71. The van der Waals surface area contributed by atoms with Crippen molar-refractivity contribution in [2.75, 3.05) is 14.2 Å². The minimum absolute atomic E-state index is 0.105. The van der Waals surface area contributed by atoms with Crippen molar-refractivity contribution >= 4 is 11.6 Å². The normalized spacial score (nSPS) is 26.7. The van der Waals surface area contributed by atoms with Crippen molar-refractivity contribution in [1.82, 2.24) is 10.2 Å². The molecule has 24 heavy (non-hydrogen) atoms. The van der Waals surface area contributed by atoms with Crippen LogP contribution >= 0.6 is 0 Å². The maximum Gasteiger partial charge on any atom is 0.310 e. The van der Waals surface area contributed by atoms with Crippen LogP contribution in [0.25, 0.3) is 0 Å². The van der Waals surface area contributed by atoms with Crippen molar-refractivity contribution in [1.29, 1.82) is 0 Å². The molecule has 130 valence electrons. The molecule has 3 atom stereocenters. The van der Waals surface area contributed by atoms with Gasteiger partial charge in [0.2, 0.25) is 0 Å². The van der Waals surface area contributed by atoms with E-state index in [1.807, 2.05) is 0 Å². The number of nitro benzene ring substituents is 1. The monoisotopic (exact) mass is 333 g/mol. The number of nitrogens with zero attached hydrogens (tertiary/aromatic N) is 2. The largest absolute Gasteiger partial charge is 0.490 e. The highest BCUT2D eigenvalue weighted by Crippen LogP contribution is 2.33. The molecule has 0 aromatic heterocycles. The zero-order valence-corrected chi connectivity index (χ0v) is 14.0. The molecule has 1 amide bonds. The van der Waals surface area contributed by atoms with Gasteiger partial charge < -0.3 is 15.0 Å². The minimum atomic E-state index is -0.515. The van der Waals surface area contributed by atoms with Crippen molar-refractivity contribution in [3.63, 3.8) is 0 Å². The molecule has 2 saturated heterocycles. The molecule has 7 nitrogen and oxygen atoms in total. The number of carbonyl (C=O) groups excluding carboxylic acids is 1. The quantitative estimate of drug-likeness (QED) is 0.675. The molecule has 2 aliphatic heterocycles. The fourth-order valence-corrected chi connectivity index (χ4v) is 3.97. The first-order valence-electron chi connectivity index (χ1n) is 8.35. The Morgan fingerprint density at radius 1 is 1.33 bits per heavy atom. The highest BCUT2D eigenvalue weighted by Gasteiger charge is 2.36. The van der Waals surface area contributed by atoms with E-state index < -0.39 is 4.92 Å². The van der Waals surface area contributed by atoms with Crippen LogP contribution in [0.15, 0.2) is 18.2 Å². The second-order valence-electron chi connectivity index (χ2n) is 6.69. The first kappa shape index (κ1) is 16.7. The highest BCUT2D eigenvalue weighted by molar-refractivity contribution is 5.95. The van der Waals surface area contributed by atoms with E-state index in [0.717, 1.165) is 12.8 Å². The van der Waals surface area contributed by atoms with Gasteiger partial charge in [-0.3, -0.25) is 14.9 Å². The standard InChI is InChI=1S/C17H23N3O4/c1-19-13-4-3-5-14(19)10-12(9-13)18-17(21)11-6-7-15(20(22)23)16(8-11)24-2/h6-8,12-14H,3-5,9-10H2,1-2H3,(H,18,21)/t12?,13-,14+. The molecule has 1 N–H and O–H groups in total. The van der Waals surface area contributed by atoms with Crippen LogP contribution in [0.2, 0.25) is 0 Å². The third-order valence-electron chi connectivity index (χ3n) is 5.31. The molecule has 0 aliphatic carbocycles. The van der Waals surface area contributed by atoms with Crippen molar-refractivity contribution in [2.24, 2.45) is 0 Å². The zero-order valence-electron chi connectivity index (χ0n) is 14.0. The van der Waals surface area contributed by atoms with Crippen LogP contribution in [-0.4, -0.2) is 48.0 Å². The molecule has 3 rings (SSSR count). The summed E-state index contributed by atoms with van der Waals surface area (Å²) in [5.74, 6) is -0.0938. The molecule has 0 saturated carbocycles. The third kappa shape index (κ3) is 3.21. The Balaban J connectivity index is 1.70. The predicted molar refractivity (Wildman–Crippen MR) is 89.3 cm³/mol. The van der Waals surface area contributed by atoms with E-state index in [4.69, 9.17) is 4.74 Å². The number of methoxy groups -OCH3 is 1. The van der Waals surface area contributed by atoms with Crippen LogP contribution in [0.1, 0.15) is 42.5 Å². The average Bonchev–Trinajstić information content (AvgIpc) is 2.55. The Bertz CT molecular complexity index is 635. The van der Waals surface area contributed by atoms with Crippen LogP contribution in [0.4, 0.5) is 5.69 Å². The fraction of sp³-hybridized carbons (Fsp3) is 0.588. The molecule has 1 aromatic rings. The number of nitrogens with one attached hydrogen (secondary N) is 1. The number of ether oxygens (including phenoxy) is 1. The number of piperidine rings is 2. The molecule has 1 unspecified atom stereocenters. The van der Waals surface area contributed by atoms with Crippen LogP contribution in [0.3, 0.4) is 0 Å². The number of hydrogen-bond acceptors (Lipinski definition) is 5. The summed E-state index contributed by atoms with van der Waals surface area (Å²) in [6, 6.07) is 5.46. The molecule has 2 aliphatic rings. The highest BCUT2D eigenvalue weighted by atomic mass is 16.6. The smallest absolute Gasteiger partial charge is 0.310 e. The van der Waals surface area contributed by atoms with E-state index in [1.165, 1.54) is 44.6 Å². The third-order valence-corrected chi connectivity index (χ3v) is 5.31. The summed E-state index contributed by atoms with van der Waals surface area (Å²) in [5, 5.41) is 14.0. The van der Waals surface area contributed by atoms with Gasteiger partial charge >= 0.3 is 5.69 Å². The summed E-state index contributed by atoms with van der Waals surface area (Å²) in [4.78, 5) is 25.4. The molecule has 0 radical (unpaired) electrons. The van der Waals surface area contributed by atoms with Gasteiger partial charge in [0.15, 0.2) is 5.75 Å². The summed E-state index contributed by atoms with van der Waals surface area (Å²) in [5.41, 5.74) is 0.254. The lowest BCUT2D eigenvalue weighted by Gasteiger charge is -2.47. The van der Waals surface area contributed by atoms with Gasteiger partial charge in [0.05, 0.1) is 12.0 Å². The topological polar surface area (TPSA) is 84.7 Å². The second kappa shape index (κ2) is 6.76. The maximum atomic E-state index is 12.5. The van der Waals surface area contributed by atoms with E-state index in [1.54, 1.807) is 0 Å². The number of nitro groups is 1. The number of amides is 1. The first-order valence-corrected chi connectivity index (χ1v) is 8.35. The van der Waals surface area contributed by atoms with E-state index >= 15 is 0 Å². The second-order valence-corrected chi connectivity index (χ2v) is 6.69. The predicted octanol–water partition coefficient (Wildman–Crippen LogP) is 2.35. The van der Waals surface area contributed by atoms with Gasteiger partial charge in [-0.1, -0.05) is 6.42 Å². The van der Waals surface area contributed by atoms with E-state index in [0.29, 0.717) is 17.6 Å². The Hall–Kier alpha value is -2.15. The summed E-state index contributed by atoms with van der Waals surface area (Å²) >= 11 is 0. The van der Waals surface area contributed by atoms with Gasteiger partial charge in [-0.15, -0.1) is 0 Å². The Morgan fingerprint density at radius 3 is 2.58 bits per heavy atom. The number of rotatable bonds is 4. The molecule has 2 fully saturated rings. The minimum Gasteiger partial charge on any atom is -0.490 e. The lowest BCUT2D eigenvalue weighted by molar-refractivity contribution is -0.385. The van der Waals surface area contributed by atoms with Crippen LogP contribution in [0.5, 0.6) is 5.75 Å². The summed E-state index contributed by atoms with van der Waals surface area (Å²) < 4.78 is 5.03. The zero-order chi connectivity index (χ0) is 17.3. The van der Waals surface area contributed by atoms with Gasteiger partial charge in [-0.2, -0.15) is 0 Å². The number of hydrogen-bond donors (Lipinski definition) is 1. The molecule has 1 aromatic carbocycles. The van der Waals surface area contributed by atoms with Gasteiger partial charge in [-0.25, -0.2) is 0 Å². The maximum absolute atomic E-state index is 12.5. The van der Waals surface area contributed by atoms with Crippen molar-refractivity contribution in [3.8, 4) is 5.75 Å². The SMILES string of the molecule is COc1cc(C(=O)NC2C[C@H]3CCC[C@@H](C2)N3C)ccc1[N+](=O)[O-]. The Labute approximate surface area is 141 Å². The molecule has 0 spiro atoms. The Morgan fingerprint density at radius 2 is 2.00 bits per heavy atom. The first-order chi connectivity index (χ1) is 11.5. The molecule has 7 heteroatoms. The number of fused-ring (bicyclic) bond motifs is 2. The lowest BCUT2D eigenvalue weighted by Crippen LogP contribution is -2.55. The molecule has 2 bridgehead atoms. The molecular formula is C17H23N3O4. The van der Waals surface area contributed by atoms with Crippen molar-refractivity contribution in [2.45, 2.75) is 50.2 Å². The van der Waals surface area contributed by atoms with Gasteiger partial charge in [0.1, 0.15) is 0 Å². The van der Waals surface area contributed by atoms with E-state index in [9.17, 15) is 14.9 Å². The van der Waals surface area contributed by atoms with Gasteiger partial charge in [0.25, 0.3) is 5.91 Å². The average molecular weight is 333 g/mol.